The first kappa shape index (κ1) is 34.3. The molecule has 232 valence electrons. The van der Waals surface area contributed by atoms with E-state index in [1.807, 2.05) is 24.3 Å². The smallest absolute Gasteiger partial charge is 0.310 e. The molecule has 0 bridgehead atoms. The molecule has 0 spiro atoms. The standard InChI is InChI=1S/C29H37Cl2O10P/c30-9-11-35-13-15-37-17-19-39-28(32)21-23(29(33)40-20-18-38-16-14-36-12-10-31)22-42(34)27-8-4-2-6-25(27)24-5-1-3-7-26(24)41-42/h1-8,23H,9-22H2. The summed E-state index contributed by atoms with van der Waals surface area (Å²) in [4.78, 5) is 25.9. The van der Waals surface area contributed by atoms with Crippen LogP contribution in [-0.4, -0.2) is 95.9 Å². The maximum absolute atomic E-state index is 14.4. The summed E-state index contributed by atoms with van der Waals surface area (Å²) in [6.07, 6.45) is -0.588. The normalized spacial score (nSPS) is 16.1. The highest BCUT2D eigenvalue weighted by Crippen LogP contribution is 2.55. The van der Waals surface area contributed by atoms with Crippen LogP contribution < -0.4 is 9.83 Å². The van der Waals surface area contributed by atoms with Crippen LogP contribution in [0.3, 0.4) is 0 Å². The average Bonchev–Trinajstić information content (AvgIpc) is 2.99. The number of hydrogen-bond donors (Lipinski definition) is 0. The van der Waals surface area contributed by atoms with Gasteiger partial charge in [-0.15, -0.1) is 23.2 Å². The first-order valence-corrected chi connectivity index (χ1v) is 16.6. The van der Waals surface area contributed by atoms with Crippen LogP contribution in [-0.2, 0) is 42.6 Å². The Kier molecular flexibility index (Phi) is 15.7. The lowest BCUT2D eigenvalue weighted by atomic mass is 10.0. The fourth-order valence-electron chi connectivity index (χ4n) is 4.17. The molecule has 0 radical (unpaired) electrons. The van der Waals surface area contributed by atoms with E-state index in [2.05, 4.69) is 0 Å². The number of carbonyl (C=O) groups excluding carboxylic acids is 2. The van der Waals surface area contributed by atoms with E-state index in [1.165, 1.54) is 0 Å². The second-order valence-electron chi connectivity index (χ2n) is 9.08. The molecule has 0 N–H and O–H groups in total. The molecule has 2 atom stereocenters. The number of carbonyl (C=O) groups is 2. The Labute approximate surface area is 256 Å². The molecule has 0 aromatic heterocycles. The highest BCUT2D eigenvalue weighted by molar-refractivity contribution is 7.67. The third-order valence-corrected chi connectivity index (χ3v) is 8.90. The number of ether oxygens (including phenoxy) is 6. The molecule has 0 saturated heterocycles. The predicted molar refractivity (Wildman–Crippen MR) is 159 cm³/mol. The topological polar surface area (TPSA) is 116 Å². The molecule has 10 nitrogen and oxygen atoms in total. The molecule has 0 fully saturated rings. The summed E-state index contributed by atoms with van der Waals surface area (Å²) in [5.41, 5.74) is 1.56. The van der Waals surface area contributed by atoms with Crippen molar-refractivity contribution >= 4 is 47.8 Å². The van der Waals surface area contributed by atoms with Crippen molar-refractivity contribution in [2.75, 3.05) is 84.0 Å². The Morgan fingerprint density at radius 3 is 1.86 bits per heavy atom. The summed E-state index contributed by atoms with van der Waals surface area (Å²) in [5, 5.41) is 0.486. The summed E-state index contributed by atoms with van der Waals surface area (Å²) in [6, 6.07) is 14.5. The Balaban J connectivity index is 1.62. The van der Waals surface area contributed by atoms with Crippen LogP contribution >= 0.6 is 30.6 Å². The van der Waals surface area contributed by atoms with E-state index in [-0.39, 0.29) is 39.0 Å². The quantitative estimate of drug-likeness (QED) is 0.0842. The summed E-state index contributed by atoms with van der Waals surface area (Å²) in [6.45, 7) is 2.43. The third-order valence-electron chi connectivity index (χ3n) is 6.05. The van der Waals surface area contributed by atoms with Crippen molar-refractivity contribution in [1.82, 2.24) is 0 Å². The number of fused-ring (bicyclic) bond motifs is 3. The van der Waals surface area contributed by atoms with Crippen molar-refractivity contribution in [3.63, 3.8) is 0 Å². The fourth-order valence-corrected chi connectivity index (χ4v) is 6.97. The van der Waals surface area contributed by atoms with Crippen molar-refractivity contribution in [3.8, 4) is 16.9 Å². The molecule has 1 heterocycles. The maximum Gasteiger partial charge on any atom is 0.310 e. The van der Waals surface area contributed by atoms with E-state index >= 15 is 0 Å². The van der Waals surface area contributed by atoms with Crippen LogP contribution in [0.25, 0.3) is 11.1 Å². The second-order valence-corrected chi connectivity index (χ2v) is 12.2. The van der Waals surface area contributed by atoms with Crippen LogP contribution in [0.4, 0.5) is 0 Å². The minimum atomic E-state index is -3.63. The van der Waals surface area contributed by atoms with Gasteiger partial charge in [-0.2, -0.15) is 0 Å². The first-order valence-electron chi connectivity index (χ1n) is 13.7. The van der Waals surface area contributed by atoms with Crippen LogP contribution in [0.5, 0.6) is 5.75 Å². The number of halogens is 2. The molecular weight excluding hydrogens is 610 g/mol. The predicted octanol–water partition coefficient (Wildman–Crippen LogP) is 4.29. The number of para-hydroxylation sites is 1. The van der Waals surface area contributed by atoms with Gasteiger partial charge in [0, 0.05) is 17.3 Å². The van der Waals surface area contributed by atoms with Crippen LogP contribution in [0.1, 0.15) is 6.42 Å². The Morgan fingerprint density at radius 1 is 0.690 bits per heavy atom. The summed E-state index contributed by atoms with van der Waals surface area (Å²) < 4.78 is 52.3. The highest BCUT2D eigenvalue weighted by Gasteiger charge is 2.41. The lowest BCUT2D eigenvalue weighted by molar-refractivity contribution is -0.156. The van der Waals surface area contributed by atoms with Gasteiger partial charge in [-0.3, -0.25) is 14.2 Å². The van der Waals surface area contributed by atoms with Gasteiger partial charge in [0.15, 0.2) is 0 Å². The molecule has 0 saturated carbocycles. The zero-order chi connectivity index (χ0) is 30.0. The van der Waals surface area contributed by atoms with Crippen LogP contribution in [0.2, 0.25) is 0 Å². The van der Waals surface area contributed by atoms with Crippen molar-refractivity contribution < 1.29 is 47.1 Å². The van der Waals surface area contributed by atoms with Gasteiger partial charge in [0.25, 0.3) is 7.37 Å². The summed E-state index contributed by atoms with van der Waals surface area (Å²) >= 11 is 11.1. The summed E-state index contributed by atoms with van der Waals surface area (Å²) in [7, 11) is -3.63. The molecule has 0 amide bonds. The summed E-state index contributed by atoms with van der Waals surface area (Å²) in [5.74, 6) is -1.19. The SMILES string of the molecule is O=C(CC(CP1(=O)Oc2ccccc2-c2ccccc21)C(=O)OCCOCCOCCCl)OCCOCCOCCCl. The van der Waals surface area contributed by atoms with Crippen LogP contribution in [0.15, 0.2) is 48.5 Å². The highest BCUT2D eigenvalue weighted by atomic mass is 35.5. The number of rotatable bonds is 21. The van der Waals surface area contributed by atoms with Gasteiger partial charge in [-0.1, -0.05) is 36.4 Å². The number of esters is 2. The Bertz CT molecular complexity index is 1160. The number of alkyl halides is 2. The lowest BCUT2D eigenvalue weighted by Crippen LogP contribution is -2.30. The maximum atomic E-state index is 14.4. The van der Waals surface area contributed by atoms with Gasteiger partial charge in [0.1, 0.15) is 19.0 Å². The molecule has 3 rings (SSSR count). The van der Waals surface area contributed by atoms with Gasteiger partial charge in [0.2, 0.25) is 0 Å². The van der Waals surface area contributed by atoms with Crippen molar-refractivity contribution in [3.05, 3.63) is 48.5 Å². The minimum absolute atomic E-state index is 0.0138. The molecular formula is C29H37Cl2O10P. The van der Waals surface area contributed by atoms with Crippen molar-refractivity contribution in [2.24, 2.45) is 5.92 Å². The molecule has 13 heteroatoms. The number of benzene rings is 2. The molecule has 42 heavy (non-hydrogen) atoms. The van der Waals surface area contributed by atoms with E-state index in [0.29, 0.717) is 62.5 Å². The van der Waals surface area contributed by atoms with Gasteiger partial charge in [-0.05, 0) is 17.7 Å². The van der Waals surface area contributed by atoms with E-state index in [1.54, 1.807) is 24.3 Å². The first-order chi connectivity index (χ1) is 20.5. The fraction of sp³-hybridized carbons (Fsp3) is 0.517. The molecule has 2 aromatic carbocycles. The van der Waals surface area contributed by atoms with Gasteiger partial charge in [0.05, 0.1) is 76.7 Å². The lowest BCUT2D eigenvalue weighted by Gasteiger charge is -2.30. The molecule has 1 aliphatic heterocycles. The molecule has 1 aliphatic rings. The Hall–Kier alpha value is -2.17. The van der Waals surface area contributed by atoms with E-state index < -0.39 is 25.2 Å². The van der Waals surface area contributed by atoms with Crippen molar-refractivity contribution in [1.29, 1.82) is 0 Å². The van der Waals surface area contributed by atoms with E-state index in [9.17, 15) is 14.2 Å². The Morgan fingerprint density at radius 2 is 1.21 bits per heavy atom. The van der Waals surface area contributed by atoms with Crippen molar-refractivity contribution in [2.45, 2.75) is 6.42 Å². The molecule has 2 aromatic rings. The van der Waals surface area contributed by atoms with Gasteiger partial charge in [-0.25, -0.2) is 0 Å². The molecule has 2 unspecified atom stereocenters. The van der Waals surface area contributed by atoms with E-state index in [0.717, 1.165) is 11.1 Å². The monoisotopic (exact) mass is 646 g/mol. The number of hydrogen-bond acceptors (Lipinski definition) is 10. The third kappa shape index (κ3) is 11.2. The largest absolute Gasteiger partial charge is 0.463 e. The van der Waals surface area contributed by atoms with Gasteiger partial charge < -0.3 is 32.9 Å². The minimum Gasteiger partial charge on any atom is -0.463 e. The van der Waals surface area contributed by atoms with Crippen LogP contribution in [0, 0.1) is 5.92 Å². The van der Waals surface area contributed by atoms with E-state index in [4.69, 9.17) is 56.1 Å². The zero-order valence-corrected chi connectivity index (χ0v) is 25.8. The van der Waals surface area contributed by atoms with Gasteiger partial charge >= 0.3 is 11.9 Å². The zero-order valence-electron chi connectivity index (χ0n) is 23.4. The average molecular weight is 647 g/mol. The second kappa shape index (κ2) is 19.2. The molecule has 0 aliphatic carbocycles.